The van der Waals surface area contributed by atoms with Gasteiger partial charge in [0.2, 0.25) is 5.43 Å². The van der Waals surface area contributed by atoms with Crippen molar-refractivity contribution in [3.63, 3.8) is 0 Å². The van der Waals surface area contributed by atoms with Crippen molar-refractivity contribution < 1.29 is 26.4 Å². The molecule has 1 aliphatic rings. The topological polar surface area (TPSA) is 79.7 Å². The van der Waals surface area contributed by atoms with Crippen molar-refractivity contribution >= 4 is 37.4 Å². The van der Waals surface area contributed by atoms with Gasteiger partial charge in [-0.3, -0.25) is 9.59 Å². The highest BCUT2D eigenvalue weighted by molar-refractivity contribution is 9.10. The van der Waals surface area contributed by atoms with E-state index in [1.165, 1.54) is 40.4 Å². The van der Waals surface area contributed by atoms with Crippen LogP contribution < -0.4 is 10.3 Å². The minimum Gasteiger partial charge on any atom is -0.367 e. The second-order valence-corrected chi connectivity index (χ2v) is 9.47. The van der Waals surface area contributed by atoms with Gasteiger partial charge in [-0.1, -0.05) is 12.1 Å². The summed E-state index contributed by atoms with van der Waals surface area (Å²) in [7, 11) is -3.85. The molecule has 3 rings (SSSR count). The predicted molar refractivity (Wildman–Crippen MR) is 107 cm³/mol. The lowest BCUT2D eigenvalue weighted by Crippen LogP contribution is -2.50. The zero-order chi connectivity index (χ0) is 22.3. The molecule has 1 aromatic carbocycles. The molecule has 1 fully saturated rings. The van der Waals surface area contributed by atoms with E-state index in [-0.39, 0.29) is 41.9 Å². The second-order valence-electron chi connectivity index (χ2n) is 6.71. The Labute approximate surface area is 178 Å². The van der Waals surface area contributed by atoms with Crippen LogP contribution in [0, 0.1) is 0 Å². The van der Waals surface area contributed by atoms with Gasteiger partial charge in [-0.2, -0.15) is 13.2 Å². The van der Waals surface area contributed by atoms with Gasteiger partial charge in [-0.25, -0.2) is 8.42 Å². The summed E-state index contributed by atoms with van der Waals surface area (Å²) in [5.74, 6) is -0.493. The zero-order valence-electron chi connectivity index (χ0n) is 15.7. The normalized spacial score (nSPS) is 15.4. The number of halogens is 4. The van der Waals surface area contributed by atoms with E-state index in [0.717, 1.165) is 6.07 Å². The Kier molecular flexibility index (Phi) is 6.01. The Bertz CT molecular complexity index is 1140. The van der Waals surface area contributed by atoms with Crippen LogP contribution in [0.5, 0.6) is 0 Å². The minimum absolute atomic E-state index is 0.0274. The molecule has 0 atom stereocenters. The Morgan fingerprint density at radius 2 is 1.67 bits per heavy atom. The van der Waals surface area contributed by atoms with E-state index in [1.54, 1.807) is 11.6 Å². The number of anilines is 1. The molecular formula is C18H17BrF3N3O4S. The third-order valence-electron chi connectivity index (χ3n) is 4.71. The number of aromatic nitrogens is 1. The number of carbonyl (C=O) groups is 1. The minimum atomic E-state index is -5.52. The van der Waals surface area contributed by atoms with Crippen LogP contribution >= 0.6 is 15.9 Å². The maximum absolute atomic E-state index is 13.0. The van der Waals surface area contributed by atoms with Gasteiger partial charge in [0.1, 0.15) is 5.56 Å². The molecule has 1 saturated heterocycles. The average Bonchev–Trinajstić information content (AvgIpc) is 2.69. The molecule has 2 aromatic rings. The molecule has 12 heteroatoms. The summed E-state index contributed by atoms with van der Waals surface area (Å²) in [5.41, 5.74) is -5.97. The van der Waals surface area contributed by atoms with Gasteiger partial charge in [0.25, 0.3) is 15.7 Å². The van der Waals surface area contributed by atoms with Crippen LogP contribution in [0.15, 0.2) is 50.8 Å². The van der Waals surface area contributed by atoms with Crippen molar-refractivity contribution in [2.75, 3.05) is 31.1 Å². The SMILES string of the molecule is Cn1cc(Br)c(=O)c(C(=O)N2CCN(c3ccccc3S(=O)(=O)C(F)(F)F)CC2)c1. The van der Waals surface area contributed by atoms with E-state index in [9.17, 15) is 31.2 Å². The number of carbonyl (C=O) groups excluding carboxylic acids is 1. The standard InChI is InChI=1S/C18H17BrF3N3O4S/c1-23-10-12(16(26)13(19)11-23)17(27)25-8-6-24(7-9-25)14-4-2-3-5-15(14)30(28,29)18(20,21)22/h2-5,10-11H,6-9H2,1H3. The van der Waals surface area contributed by atoms with Crippen molar-refractivity contribution in [3.05, 3.63) is 56.9 Å². The Hall–Kier alpha value is -2.34. The van der Waals surface area contributed by atoms with Gasteiger partial charge in [0, 0.05) is 45.6 Å². The molecular weight excluding hydrogens is 491 g/mol. The van der Waals surface area contributed by atoms with Gasteiger partial charge in [-0.05, 0) is 28.1 Å². The lowest BCUT2D eigenvalue weighted by molar-refractivity contribution is -0.0435. The Balaban J connectivity index is 1.83. The first-order valence-electron chi connectivity index (χ1n) is 8.74. The molecule has 0 bridgehead atoms. The number of aryl methyl sites for hydroxylation is 1. The molecule has 30 heavy (non-hydrogen) atoms. The third-order valence-corrected chi connectivity index (χ3v) is 6.81. The van der Waals surface area contributed by atoms with Gasteiger partial charge >= 0.3 is 5.51 Å². The molecule has 1 amide bonds. The number of rotatable bonds is 3. The smallest absolute Gasteiger partial charge is 0.367 e. The summed E-state index contributed by atoms with van der Waals surface area (Å²) in [5, 5.41) is 0. The predicted octanol–water partition coefficient (Wildman–Crippen LogP) is 2.40. The molecule has 0 unspecified atom stereocenters. The maximum atomic E-state index is 13.0. The highest BCUT2D eigenvalue weighted by atomic mass is 79.9. The average molecular weight is 508 g/mol. The van der Waals surface area contributed by atoms with Crippen molar-refractivity contribution in [3.8, 4) is 0 Å². The van der Waals surface area contributed by atoms with Crippen LogP contribution in [0.1, 0.15) is 10.4 Å². The molecule has 0 N–H and O–H groups in total. The quantitative estimate of drug-likeness (QED) is 0.637. The van der Waals surface area contributed by atoms with Crippen LogP contribution in [0.3, 0.4) is 0 Å². The number of pyridine rings is 1. The van der Waals surface area contributed by atoms with Crippen molar-refractivity contribution in [1.29, 1.82) is 0 Å². The van der Waals surface area contributed by atoms with Crippen molar-refractivity contribution in [2.45, 2.75) is 10.4 Å². The Morgan fingerprint density at radius 3 is 2.27 bits per heavy atom. The fraction of sp³-hybridized carbons (Fsp3) is 0.333. The number of nitrogens with zero attached hydrogens (tertiary/aromatic N) is 3. The fourth-order valence-electron chi connectivity index (χ4n) is 3.21. The number of piperazine rings is 1. The van der Waals surface area contributed by atoms with E-state index in [4.69, 9.17) is 0 Å². The van der Waals surface area contributed by atoms with E-state index in [0.29, 0.717) is 0 Å². The molecule has 0 aliphatic carbocycles. The van der Waals surface area contributed by atoms with Crippen LogP contribution in [-0.4, -0.2) is 55.5 Å². The number of amides is 1. The first kappa shape index (κ1) is 22.3. The molecule has 0 saturated carbocycles. The van der Waals surface area contributed by atoms with Gasteiger partial charge in [-0.15, -0.1) is 0 Å². The summed E-state index contributed by atoms with van der Waals surface area (Å²) in [6.45, 7) is 0.471. The zero-order valence-corrected chi connectivity index (χ0v) is 18.1. The Morgan fingerprint density at radius 1 is 1.07 bits per heavy atom. The lowest BCUT2D eigenvalue weighted by Gasteiger charge is -2.36. The third kappa shape index (κ3) is 4.10. The molecule has 0 radical (unpaired) electrons. The molecule has 2 heterocycles. The summed E-state index contributed by atoms with van der Waals surface area (Å²) >= 11 is 3.11. The van der Waals surface area contributed by atoms with E-state index < -0.39 is 31.6 Å². The highest BCUT2D eigenvalue weighted by Crippen LogP contribution is 2.36. The summed E-state index contributed by atoms with van der Waals surface area (Å²) < 4.78 is 64.7. The maximum Gasteiger partial charge on any atom is 0.501 e. The molecule has 1 aliphatic heterocycles. The largest absolute Gasteiger partial charge is 0.501 e. The van der Waals surface area contributed by atoms with Gasteiger partial charge in [0.15, 0.2) is 0 Å². The number of hydrogen-bond donors (Lipinski definition) is 0. The molecule has 162 valence electrons. The summed E-state index contributed by atoms with van der Waals surface area (Å²) in [6.07, 6.45) is 2.93. The van der Waals surface area contributed by atoms with Crippen LogP contribution in [0.4, 0.5) is 18.9 Å². The van der Waals surface area contributed by atoms with E-state index >= 15 is 0 Å². The highest BCUT2D eigenvalue weighted by Gasteiger charge is 2.48. The molecule has 7 nitrogen and oxygen atoms in total. The number of alkyl halides is 3. The first-order chi connectivity index (χ1) is 13.9. The summed E-state index contributed by atoms with van der Waals surface area (Å²) in [4.78, 5) is 27.1. The van der Waals surface area contributed by atoms with Crippen molar-refractivity contribution in [1.82, 2.24) is 9.47 Å². The van der Waals surface area contributed by atoms with E-state index in [1.807, 2.05) is 0 Å². The first-order valence-corrected chi connectivity index (χ1v) is 11.0. The second kappa shape index (κ2) is 8.06. The van der Waals surface area contributed by atoms with Crippen molar-refractivity contribution in [2.24, 2.45) is 7.05 Å². The number of hydrogen-bond acceptors (Lipinski definition) is 5. The molecule has 0 spiro atoms. The van der Waals surface area contributed by atoms with E-state index in [2.05, 4.69) is 15.9 Å². The number of benzene rings is 1. The lowest BCUT2D eigenvalue weighted by atomic mass is 10.2. The fourth-order valence-corrected chi connectivity index (χ4v) is 4.73. The molecule has 1 aromatic heterocycles. The monoisotopic (exact) mass is 507 g/mol. The van der Waals surface area contributed by atoms with Crippen LogP contribution in [-0.2, 0) is 16.9 Å². The van der Waals surface area contributed by atoms with Gasteiger partial charge < -0.3 is 14.4 Å². The number of para-hydroxylation sites is 1. The van der Waals surface area contributed by atoms with Crippen LogP contribution in [0.25, 0.3) is 0 Å². The summed E-state index contributed by atoms with van der Waals surface area (Å²) in [6, 6.07) is 4.90. The van der Waals surface area contributed by atoms with Crippen LogP contribution in [0.2, 0.25) is 0 Å². The van der Waals surface area contributed by atoms with Gasteiger partial charge in [0.05, 0.1) is 15.1 Å². The number of sulfone groups is 1.